The minimum absolute atomic E-state index is 0.211. The minimum atomic E-state index is 0.211. The molecule has 1 N–H and O–H groups in total. The van der Waals surface area contributed by atoms with Gasteiger partial charge in [0.25, 0.3) is 0 Å². The number of ether oxygens (including phenoxy) is 2. The van der Waals surface area contributed by atoms with E-state index in [2.05, 4.69) is 44.3 Å². The molecule has 0 aromatic heterocycles. The molecule has 0 aliphatic heterocycles. The number of anilines is 1. The predicted molar refractivity (Wildman–Crippen MR) is 87.5 cm³/mol. The van der Waals surface area contributed by atoms with Gasteiger partial charge in [0.15, 0.2) is 0 Å². The highest BCUT2D eigenvalue weighted by molar-refractivity contribution is 5.55. The van der Waals surface area contributed by atoms with E-state index >= 15 is 0 Å². The molecule has 0 aliphatic carbocycles. The summed E-state index contributed by atoms with van der Waals surface area (Å²) in [6.45, 7) is 6.41. The highest BCUT2D eigenvalue weighted by atomic mass is 16.5. The van der Waals surface area contributed by atoms with Crippen molar-refractivity contribution >= 4 is 5.69 Å². The molecule has 0 bridgehead atoms. The van der Waals surface area contributed by atoms with Gasteiger partial charge >= 0.3 is 0 Å². The van der Waals surface area contributed by atoms with Crippen molar-refractivity contribution in [2.24, 2.45) is 0 Å². The Kier molecular flexibility index (Phi) is 4.73. The lowest BCUT2D eigenvalue weighted by atomic mass is 10.00. The van der Waals surface area contributed by atoms with E-state index in [0.29, 0.717) is 0 Å². The van der Waals surface area contributed by atoms with Crippen molar-refractivity contribution in [3.63, 3.8) is 0 Å². The maximum absolute atomic E-state index is 5.30. The van der Waals surface area contributed by atoms with Gasteiger partial charge in [0.05, 0.1) is 14.2 Å². The highest BCUT2D eigenvalue weighted by Crippen LogP contribution is 2.29. The van der Waals surface area contributed by atoms with E-state index < -0.39 is 0 Å². The van der Waals surface area contributed by atoms with Crippen molar-refractivity contribution in [1.82, 2.24) is 0 Å². The molecule has 0 heterocycles. The van der Waals surface area contributed by atoms with Gasteiger partial charge in [0.2, 0.25) is 0 Å². The molecule has 1 unspecified atom stereocenters. The molecule has 21 heavy (non-hydrogen) atoms. The molecule has 0 radical (unpaired) electrons. The van der Waals surface area contributed by atoms with Gasteiger partial charge in [-0.3, -0.25) is 0 Å². The summed E-state index contributed by atoms with van der Waals surface area (Å²) in [5.41, 5.74) is 4.86. The van der Waals surface area contributed by atoms with E-state index in [1.807, 2.05) is 18.2 Å². The Balaban J connectivity index is 2.24. The number of nitrogens with one attached hydrogen (secondary N) is 1. The largest absolute Gasteiger partial charge is 0.497 e. The number of rotatable bonds is 5. The van der Waals surface area contributed by atoms with Gasteiger partial charge in [-0.05, 0) is 31.9 Å². The average molecular weight is 285 g/mol. The van der Waals surface area contributed by atoms with Gasteiger partial charge in [-0.1, -0.05) is 23.8 Å². The molecule has 112 valence electrons. The summed E-state index contributed by atoms with van der Waals surface area (Å²) in [5.74, 6) is 1.56. The normalized spacial score (nSPS) is 11.9. The zero-order chi connectivity index (χ0) is 15.4. The first-order valence-corrected chi connectivity index (χ1v) is 7.10. The van der Waals surface area contributed by atoms with Gasteiger partial charge in [-0.15, -0.1) is 0 Å². The molecule has 0 saturated carbocycles. The van der Waals surface area contributed by atoms with Crippen LogP contribution >= 0.6 is 0 Å². The summed E-state index contributed by atoms with van der Waals surface area (Å²) >= 11 is 0. The molecule has 0 fully saturated rings. The van der Waals surface area contributed by atoms with E-state index in [1.165, 1.54) is 16.7 Å². The van der Waals surface area contributed by atoms with Crippen LogP contribution in [0.3, 0.4) is 0 Å². The molecule has 1 atom stereocenters. The maximum atomic E-state index is 5.30. The van der Waals surface area contributed by atoms with Gasteiger partial charge in [0.1, 0.15) is 11.5 Å². The van der Waals surface area contributed by atoms with Crippen LogP contribution in [-0.2, 0) is 0 Å². The number of methoxy groups -OCH3 is 2. The highest BCUT2D eigenvalue weighted by Gasteiger charge is 2.10. The molecule has 2 aromatic rings. The monoisotopic (exact) mass is 285 g/mol. The third-order valence-corrected chi connectivity index (χ3v) is 3.63. The van der Waals surface area contributed by atoms with Crippen LogP contribution < -0.4 is 14.8 Å². The van der Waals surface area contributed by atoms with E-state index in [4.69, 9.17) is 9.47 Å². The summed E-state index contributed by atoms with van der Waals surface area (Å²) in [5, 5.41) is 3.51. The van der Waals surface area contributed by atoms with Gasteiger partial charge in [0, 0.05) is 29.9 Å². The molecule has 0 spiro atoms. The van der Waals surface area contributed by atoms with E-state index in [-0.39, 0.29) is 6.04 Å². The second-order valence-electron chi connectivity index (χ2n) is 5.33. The fourth-order valence-electron chi connectivity index (χ4n) is 2.53. The SMILES string of the molecule is COc1cc(NC(C)c2ccc(C)cc2C)cc(OC)c1. The fourth-order valence-corrected chi connectivity index (χ4v) is 2.53. The minimum Gasteiger partial charge on any atom is -0.497 e. The van der Waals surface area contributed by atoms with Crippen LogP contribution in [0.1, 0.15) is 29.7 Å². The molecule has 3 heteroatoms. The van der Waals surface area contributed by atoms with Crippen LogP contribution in [0.2, 0.25) is 0 Å². The lowest BCUT2D eigenvalue weighted by Crippen LogP contribution is -2.08. The van der Waals surface area contributed by atoms with Crippen LogP contribution in [-0.4, -0.2) is 14.2 Å². The Morgan fingerprint density at radius 1 is 0.905 bits per heavy atom. The summed E-state index contributed by atoms with van der Waals surface area (Å²) < 4.78 is 10.6. The molecule has 3 nitrogen and oxygen atoms in total. The molecular weight excluding hydrogens is 262 g/mol. The standard InChI is InChI=1S/C18H23NO2/c1-12-6-7-18(13(2)8-12)14(3)19-15-9-16(20-4)11-17(10-15)21-5/h6-11,14,19H,1-5H3. The van der Waals surface area contributed by atoms with Gasteiger partial charge in [-0.2, -0.15) is 0 Å². The third-order valence-electron chi connectivity index (χ3n) is 3.63. The number of hydrogen-bond acceptors (Lipinski definition) is 3. The molecule has 2 rings (SSSR count). The Bertz CT molecular complexity index is 600. The smallest absolute Gasteiger partial charge is 0.124 e. The van der Waals surface area contributed by atoms with Crippen LogP contribution in [0.15, 0.2) is 36.4 Å². The van der Waals surface area contributed by atoms with Crippen molar-refractivity contribution in [3.05, 3.63) is 53.1 Å². The van der Waals surface area contributed by atoms with Crippen molar-refractivity contribution in [1.29, 1.82) is 0 Å². The number of hydrogen-bond donors (Lipinski definition) is 1. The second kappa shape index (κ2) is 6.53. The van der Waals surface area contributed by atoms with Crippen molar-refractivity contribution in [3.8, 4) is 11.5 Å². The van der Waals surface area contributed by atoms with Crippen molar-refractivity contribution < 1.29 is 9.47 Å². The lowest BCUT2D eigenvalue weighted by molar-refractivity contribution is 0.394. The Morgan fingerprint density at radius 2 is 1.52 bits per heavy atom. The summed E-state index contributed by atoms with van der Waals surface area (Å²) in [7, 11) is 3.32. The molecular formula is C18H23NO2. The zero-order valence-corrected chi connectivity index (χ0v) is 13.4. The first kappa shape index (κ1) is 15.2. The number of benzene rings is 2. The summed E-state index contributed by atoms with van der Waals surface area (Å²) in [4.78, 5) is 0. The second-order valence-corrected chi connectivity index (χ2v) is 5.33. The Morgan fingerprint density at radius 3 is 2.05 bits per heavy atom. The molecule has 0 saturated heterocycles. The van der Waals surface area contributed by atoms with E-state index in [1.54, 1.807) is 14.2 Å². The Hall–Kier alpha value is -2.16. The van der Waals surface area contributed by atoms with E-state index in [9.17, 15) is 0 Å². The van der Waals surface area contributed by atoms with Crippen LogP contribution in [0.4, 0.5) is 5.69 Å². The fraction of sp³-hybridized carbons (Fsp3) is 0.333. The molecule has 0 amide bonds. The van der Waals surface area contributed by atoms with Gasteiger partial charge < -0.3 is 14.8 Å². The topological polar surface area (TPSA) is 30.5 Å². The van der Waals surface area contributed by atoms with Gasteiger partial charge in [-0.25, -0.2) is 0 Å². The third kappa shape index (κ3) is 3.69. The lowest BCUT2D eigenvalue weighted by Gasteiger charge is -2.19. The molecule has 0 aliphatic rings. The van der Waals surface area contributed by atoms with Crippen molar-refractivity contribution in [2.45, 2.75) is 26.8 Å². The summed E-state index contributed by atoms with van der Waals surface area (Å²) in [6.07, 6.45) is 0. The van der Waals surface area contributed by atoms with Crippen molar-refractivity contribution in [2.75, 3.05) is 19.5 Å². The maximum Gasteiger partial charge on any atom is 0.124 e. The summed E-state index contributed by atoms with van der Waals surface area (Å²) in [6, 6.07) is 12.6. The van der Waals surface area contributed by atoms with E-state index in [0.717, 1.165) is 17.2 Å². The average Bonchev–Trinajstić information content (AvgIpc) is 2.46. The Labute approximate surface area is 126 Å². The first-order valence-electron chi connectivity index (χ1n) is 7.10. The zero-order valence-electron chi connectivity index (χ0n) is 13.4. The van der Waals surface area contributed by atoms with Crippen LogP contribution in [0.25, 0.3) is 0 Å². The first-order chi connectivity index (χ1) is 10.0. The quantitative estimate of drug-likeness (QED) is 0.877. The van der Waals surface area contributed by atoms with Crippen LogP contribution in [0, 0.1) is 13.8 Å². The molecule has 2 aromatic carbocycles. The number of aryl methyl sites for hydroxylation is 2. The predicted octanol–water partition coefficient (Wildman–Crippen LogP) is 4.49. The van der Waals surface area contributed by atoms with Crippen LogP contribution in [0.5, 0.6) is 11.5 Å².